The zero-order valence-electron chi connectivity index (χ0n) is 11.5. The average Bonchev–Trinajstić information content (AvgIpc) is 2.48. The highest BCUT2D eigenvalue weighted by Gasteiger charge is 2.17. The van der Waals surface area contributed by atoms with Gasteiger partial charge in [0.05, 0.1) is 7.11 Å². The van der Waals surface area contributed by atoms with E-state index in [1.54, 1.807) is 20.2 Å². The van der Waals surface area contributed by atoms with Crippen molar-refractivity contribution in [3.63, 3.8) is 0 Å². The van der Waals surface area contributed by atoms with Gasteiger partial charge in [-0.15, -0.1) is 0 Å². The maximum absolute atomic E-state index is 13.8. The van der Waals surface area contributed by atoms with E-state index in [4.69, 9.17) is 4.74 Å². The summed E-state index contributed by atoms with van der Waals surface area (Å²) in [6, 6.07) is 11.5. The molecule has 1 N–H and O–H groups in total. The molecule has 20 heavy (non-hydrogen) atoms. The maximum atomic E-state index is 13.8. The Morgan fingerprint density at radius 1 is 1.15 bits per heavy atom. The molecule has 1 atom stereocenters. The van der Waals surface area contributed by atoms with Crippen molar-refractivity contribution < 1.29 is 13.5 Å². The van der Waals surface area contributed by atoms with Gasteiger partial charge >= 0.3 is 0 Å². The van der Waals surface area contributed by atoms with Crippen molar-refractivity contribution in [2.75, 3.05) is 14.2 Å². The van der Waals surface area contributed by atoms with Gasteiger partial charge in [-0.05, 0) is 37.2 Å². The maximum Gasteiger partial charge on any atom is 0.163 e. The van der Waals surface area contributed by atoms with E-state index in [1.165, 1.54) is 6.07 Å². The summed E-state index contributed by atoms with van der Waals surface area (Å²) in [7, 11) is 3.33. The summed E-state index contributed by atoms with van der Waals surface area (Å²) in [6.45, 7) is 0. The molecule has 0 radical (unpaired) electrons. The van der Waals surface area contributed by atoms with E-state index in [1.807, 2.05) is 24.3 Å². The van der Waals surface area contributed by atoms with E-state index in [0.29, 0.717) is 12.0 Å². The van der Waals surface area contributed by atoms with Gasteiger partial charge < -0.3 is 10.1 Å². The fourth-order valence-electron chi connectivity index (χ4n) is 2.19. The highest BCUT2D eigenvalue weighted by atomic mass is 19.2. The lowest BCUT2D eigenvalue weighted by atomic mass is 9.98. The Hall–Kier alpha value is -1.94. The third-order valence-corrected chi connectivity index (χ3v) is 3.28. The molecule has 0 fully saturated rings. The second-order valence-corrected chi connectivity index (χ2v) is 4.54. The van der Waals surface area contributed by atoms with Crippen LogP contribution in [0.5, 0.6) is 5.75 Å². The van der Waals surface area contributed by atoms with Gasteiger partial charge in [0.1, 0.15) is 5.75 Å². The smallest absolute Gasteiger partial charge is 0.163 e. The average molecular weight is 277 g/mol. The number of rotatable bonds is 5. The van der Waals surface area contributed by atoms with Crippen molar-refractivity contribution in [1.82, 2.24) is 5.32 Å². The predicted molar refractivity (Wildman–Crippen MR) is 74.9 cm³/mol. The van der Waals surface area contributed by atoms with E-state index >= 15 is 0 Å². The first kappa shape index (κ1) is 14.5. The number of hydrogen-bond donors (Lipinski definition) is 1. The Bertz CT molecular complexity index is 586. The second-order valence-electron chi connectivity index (χ2n) is 4.54. The van der Waals surface area contributed by atoms with Crippen molar-refractivity contribution in [3.8, 4) is 5.75 Å². The molecule has 2 rings (SSSR count). The molecule has 0 aliphatic heterocycles. The van der Waals surface area contributed by atoms with Gasteiger partial charge in [-0.1, -0.05) is 24.3 Å². The first-order valence-corrected chi connectivity index (χ1v) is 6.39. The summed E-state index contributed by atoms with van der Waals surface area (Å²) in [5, 5.41) is 3.02. The van der Waals surface area contributed by atoms with Crippen LogP contribution in [0.1, 0.15) is 17.2 Å². The molecule has 2 aromatic rings. The van der Waals surface area contributed by atoms with E-state index in [0.717, 1.165) is 17.4 Å². The molecule has 0 saturated carbocycles. The lowest BCUT2D eigenvalue weighted by Gasteiger charge is -2.18. The van der Waals surface area contributed by atoms with Crippen molar-refractivity contribution in [2.24, 2.45) is 0 Å². The molecule has 106 valence electrons. The topological polar surface area (TPSA) is 21.3 Å². The van der Waals surface area contributed by atoms with Gasteiger partial charge in [-0.25, -0.2) is 8.78 Å². The quantitative estimate of drug-likeness (QED) is 0.903. The monoisotopic (exact) mass is 277 g/mol. The summed E-state index contributed by atoms with van der Waals surface area (Å²) in [5.41, 5.74) is 1.32. The summed E-state index contributed by atoms with van der Waals surface area (Å²) in [6.07, 6.45) is 0.550. The zero-order chi connectivity index (χ0) is 14.5. The third-order valence-electron chi connectivity index (χ3n) is 3.28. The van der Waals surface area contributed by atoms with Crippen molar-refractivity contribution >= 4 is 0 Å². The van der Waals surface area contributed by atoms with E-state index in [9.17, 15) is 8.78 Å². The van der Waals surface area contributed by atoms with Gasteiger partial charge in [-0.2, -0.15) is 0 Å². The van der Waals surface area contributed by atoms with Gasteiger partial charge in [0.2, 0.25) is 0 Å². The van der Waals surface area contributed by atoms with Crippen LogP contribution in [0.2, 0.25) is 0 Å². The van der Waals surface area contributed by atoms with Crippen LogP contribution in [-0.2, 0) is 6.42 Å². The molecule has 0 spiro atoms. The minimum Gasteiger partial charge on any atom is -0.497 e. The number of hydrogen-bond acceptors (Lipinski definition) is 2. The van der Waals surface area contributed by atoms with Gasteiger partial charge in [-0.3, -0.25) is 0 Å². The first-order chi connectivity index (χ1) is 9.65. The van der Waals surface area contributed by atoms with Gasteiger partial charge in [0, 0.05) is 11.6 Å². The molecule has 0 saturated heterocycles. The molecule has 1 unspecified atom stereocenters. The van der Waals surface area contributed by atoms with Gasteiger partial charge in [0.15, 0.2) is 11.6 Å². The molecule has 2 nitrogen and oxygen atoms in total. The molecule has 2 aromatic carbocycles. The lowest BCUT2D eigenvalue weighted by molar-refractivity contribution is 0.413. The van der Waals surface area contributed by atoms with Crippen LogP contribution in [0.4, 0.5) is 8.78 Å². The van der Waals surface area contributed by atoms with Crippen molar-refractivity contribution in [2.45, 2.75) is 12.5 Å². The summed E-state index contributed by atoms with van der Waals surface area (Å²) in [5.74, 6) is -0.875. The van der Waals surface area contributed by atoms with Crippen LogP contribution < -0.4 is 10.1 Å². The molecular formula is C16H17F2NO. The highest BCUT2D eigenvalue weighted by Crippen LogP contribution is 2.24. The van der Waals surface area contributed by atoms with Crippen molar-refractivity contribution in [1.29, 1.82) is 0 Å². The molecule has 4 heteroatoms. The van der Waals surface area contributed by atoms with Gasteiger partial charge in [0.25, 0.3) is 0 Å². The van der Waals surface area contributed by atoms with E-state index < -0.39 is 11.6 Å². The van der Waals surface area contributed by atoms with Crippen LogP contribution in [0.25, 0.3) is 0 Å². The van der Waals surface area contributed by atoms with E-state index in [-0.39, 0.29) is 6.04 Å². The van der Waals surface area contributed by atoms with Crippen LogP contribution in [0.15, 0.2) is 42.5 Å². The fraction of sp³-hybridized carbons (Fsp3) is 0.250. The first-order valence-electron chi connectivity index (χ1n) is 6.39. The second kappa shape index (κ2) is 6.48. The molecule has 0 aliphatic rings. The fourth-order valence-corrected chi connectivity index (χ4v) is 2.19. The Morgan fingerprint density at radius 3 is 2.60 bits per heavy atom. The Morgan fingerprint density at radius 2 is 1.90 bits per heavy atom. The number of likely N-dealkylation sites (N-methyl/N-ethyl adjacent to an activating group) is 1. The Balaban J connectivity index is 2.26. The predicted octanol–water partition coefficient (Wildman–Crippen LogP) is 3.48. The van der Waals surface area contributed by atoms with Crippen LogP contribution in [0, 0.1) is 11.6 Å². The summed E-state index contributed by atoms with van der Waals surface area (Å²) >= 11 is 0. The number of ether oxygens (including phenoxy) is 1. The number of methoxy groups -OCH3 is 1. The standard InChI is InChI=1S/C16H17F2NO/c1-19-15(13-7-4-8-14(17)16(13)18)10-11-5-3-6-12(9-11)20-2/h3-9,15,19H,10H2,1-2H3. The van der Waals surface area contributed by atoms with Crippen molar-refractivity contribution in [3.05, 3.63) is 65.2 Å². The molecule has 0 amide bonds. The van der Waals surface area contributed by atoms with Crippen LogP contribution in [-0.4, -0.2) is 14.2 Å². The van der Waals surface area contributed by atoms with Crippen LogP contribution in [0.3, 0.4) is 0 Å². The third kappa shape index (κ3) is 3.14. The van der Waals surface area contributed by atoms with E-state index in [2.05, 4.69) is 5.32 Å². The molecule has 0 heterocycles. The minimum atomic E-state index is -0.826. The van der Waals surface area contributed by atoms with Crippen LogP contribution >= 0.6 is 0 Å². The summed E-state index contributed by atoms with van der Waals surface area (Å²) in [4.78, 5) is 0. The largest absolute Gasteiger partial charge is 0.497 e. The highest BCUT2D eigenvalue weighted by molar-refractivity contribution is 5.31. The lowest BCUT2D eigenvalue weighted by Crippen LogP contribution is -2.20. The minimum absolute atomic E-state index is 0.294. The molecule has 0 bridgehead atoms. The molecule has 0 aliphatic carbocycles. The molecular weight excluding hydrogens is 260 g/mol. The zero-order valence-corrected chi connectivity index (χ0v) is 11.5. The number of halogens is 2. The Labute approximate surface area is 117 Å². The summed E-state index contributed by atoms with van der Waals surface area (Å²) < 4.78 is 32.3. The number of nitrogens with one attached hydrogen (secondary N) is 1. The number of benzene rings is 2. The SMILES string of the molecule is CNC(Cc1cccc(OC)c1)c1cccc(F)c1F. The Kier molecular flexibility index (Phi) is 4.69. The normalized spacial score (nSPS) is 12.2. The molecule has 0 aromatic heterocycles.